The van der Waals surface area contributed by atoms with Crippen LogP contribution >= 0.6 is 0 Å². The van der Waals surface area contributed by atoms with Gasteiger partial charge < -0.3 is 20.3 Å². The molecular formula is C35H36N4O5. The van der Waals surface area contributed by atoms with Crippen LogP contribution in [0, 0.1) is 17.8 Å². The van der Waals surface area contributed by atoms with E-state index in [4.69, 9.17) is 19.7 Å². The first-order valence-corrected chi connectivity index (χ1v) is 14.9. The van der Waals surface area contributed by atoms with Gasteiger partial charge in [0.1, 0.15) is 11.7 Å². The molecule has 226 valence electrons. The Morgan fingerprint density at radius 2 is 1.75 bits per heavy atom. The lowest BCUT2D eigenvalue weighted by Crippen LogP contribution is -2.25. The summed E-state index contributed by atoms with van der Waals surface area (Å²) >= 11 is 0. The van der Waals surface area contributed by atoms with Crippen LogP contribution in [0.4, 0.5) is 0 Å². The number of methoxy groups -OCH3 is 1. The van der Waals surface area contributed by atoms with Crippen molar-refractivity contribution in [3.05, 3.63) is 104 Å². The third kappa shape index (κ3) is 4.32. The molecule has 1 saturated heterocycles. The van der Waals surface area contributed by atoms with E-state index in [2.05, 4.69) is 25.7 Å². The van der Waals surface area contributed by atoms with Crippen molar-refractivity contribution in [2.24, 2.45) is 32.7 Å². The van der Waals surface area contributed by atoms with Gasteiger partial charge in [0.15, 0.2) is 0 Å². The van der Waals surface area contributed by atoms with Gasteiger partial charge in [-0.3, -0.25) is 9.59 Å². The maximum atomic E-state index is 13.2. The van der Waals surface area contributed by atoms with Crippen LogP contribution in [0.15, 0.2) is 119 Å². The van der Waals surface area contributed by atoms with Gasteiger partial charge >= 0.3 is 11.9 Å². The number of hydrogen-bond donors (Lipinski definition) is 3. The van der Waals surface area contributed by atoms with Crippen LogP contribution in [0.3, 0.4) is 0 Å². The topological polar surface area (TPSA) is 133 Å². The van der Waals surface area contributed by atoms with Crippen molar-refractivity contribution < 1.29 is 24.5 Å². The number of carbonyl (C=O) groups is 2. The molecule has 6 rings (SSSR count). The summed E-state index contributed by atoms with van der Waals surface area (Å²) in [5.74, 6) is -3.14. The fraction of sp³-hybridized carbons (Fsp3) is 0.343. The fourth-order valence-corrected chi connectivity index (χ4v) is 7.05. The molecule has 9 heteroatoms. The molecule has 3 unspecified atom stereocenters. The zero-order chi connectivity index (χ0) is 31.6. The van der Waals surface area contributed by atoms with E-state index in [1.54, 1.807) is 0 Å². The number of aliphatic hydroxyl groups is 1. The summed E-state index contributed by atoms with van der Waals surface area (Å²) in [7, 11) is 1.29. The van der Waals surface area contributed by atoms with Crippen molar-refractivity contribution >= 4 is 29.1 Å². The van der Waals surface area contributed by atoms with E-state index in [-0.39, 0.29) is 24.0 Å². The molecule has 9 nitrogen and oxygen atoms in total. The number of aliphatic carboxylic acids is 1. The molecule has 0 amide bonds. The normalized spacial score (nSPS) is 25.6. The number of rotatable bonds is 6. The molecule has 0 saturated carbocycles. The van der Waals surface area contributed by atoms with Gasteiger partial charge in [0.05, 0.1) is 41.3 Å². The van der Waals surface area contributed by atoms with Gasteiger partial charge in [0.2, 0.25) is 0 Å². The molecule has 0 aromatic heterocycles. The summed E-state index contributed by atoms with van der Waals surface area (Å²) in [6.07, 6.45) is 8.76. The lowest BCUT2D eigenvalue weighted by Gasteiger charge is -2.20. The quantitative estimate of drug-likeness (QED) is 0.319. The smallest absolute Gasteiger partial charge is 0.321 e. The monoisotopic (exact) mass is 592 g/mol. The minimum atomic E-state index is -1.09. The molecule has 1 fully saturated rings. The predicted molar refractivity (Wildman–Crippen MR) is 170 cm³/mol. The molecule has 6 aliphatic rings. The van der Waals surface area contributed by atoms with E-state index < -0.39 is 17.9 Å². The first-order valence-electron chi connectivity index (χ1n) is 14.9. The van der Waals surface area contributed by atoms with Crippen LogP contribution in [-0.2, 0) is 14.3 Å². The average molecular weight is 593 g/mol. The molecule has 0 aromatic carbocycles. The summed E-state index contributed by atoms with van der Waals surface area (Å²) in [6, 6.07) is 0. The maximum absolute atomic E-state index is 13.2. The standard InChI is InChI=1S/C35H36N4O5/c1-8-19-15(3)22-12-24-17(5)21(10-11-28(40)41)32(38-24)30-31(35(43)44-7)34(42)29-18(6)25(39-33(29)30)14-27-20(9-2)16(4)23(37-27)13-26(19)36-22/h8,12-14,17,21,31,38,42H,1,9-11H2,2-7H3,(H,40,41). The van der Waals surface area contributed by atoms with E-state index in [0.29, 0.717) is 34.7 Å². The largest absolute Gasteiger partial charge is 0.510 e. The number of nitrogens with zero attached hydrogens (tertiary/aromatic N) is 3. The first-order chi connectivity index (χ1) is 21.0. The van der Waals surface area contributed by atoms with Gasteiger partial charge in [-0.25, -0.2) is 15.0 Å². The highest BCUT2D eigenvalue weighted by Gasteiger charge is 2.49. The average Bonchev–Trinajstić information content (AvgIpc) is 3.72. The number of hydrogen-bond acceptors (Lipinski definition) is 8. The van der Waals surface area contributed by atoms with Gasteiger partial charge in [-0.1, -0.05) is 26.5 Å². The van der Waals surface area contributed by atoms with Gasteiger partial charge in [0.25, 0.3) is 0 Å². The summed E-state index contributed by atoms with van der Waals surface area (Å²) < 4.78 is 5.17. The fourth-order valence-electron chi connectivity index (χ4n) is 7.05. The molecule has 1 aliphatic carbocycles. The van der Waals surface area contributed by atoms with Gasteiger partial charge in [0, 0.05) is 46.4 Å². The van der Waals surface area contributed by atoms with E-state index in [1.165, 1.54) is 7.11 Å². The third-order valence-corrected chi connectivity index (χ3v) is 9.53. The van der Waals surface area contributed by atoms with Crippen LogP contribution in [0.2, 0.25) is 0 Å². The van der Waals surface area contributed by atoms with Gasteiger partial charge in [-0.15, -0.1) is 0 Å². The second kappa shape index (κ2) is 10.7. The van der Waals surface area contributed by atoms with E-state index in [0.717, 1.165) is 62.8 Å². The minimum Gasteiger partial charge on any atom is -0.510 e. The molecular weight excluding hydrogens is 556 g/mol. The zero-order valence-electron chi connectivity index (χ0n) is 25.8. The van der Waals surface area contributed by atoms with Crippen LogP contribution in [0.1, 0.15) is 53.9 Å². The van der Waals surface area contributed by atoms with Crippen molar-refractivity contribution in [2.45, 2.75) is 53.9 Å². The summed E-state index contributed by atoms with van der Waals surface area (Å²) in [6.45, 7) is 14.1. The van der Waals surface area contributed by atoms with Gasteiger partial charge in [-0.05, 0) is 74.1 Å². The maximum Gasteiger partial charge on any atom is 0.321 e. The number of aliphatic imine (C=N–C) groups is 3. The zero-order valence-corrected chi connectivity index (χ0v) is 25.8. The highest BCUT2D eigenvalue weighted by atomic mass is 16.5. The Morgan fingerprint density at radius 3 is 2.41 bits per heavy atom. The Hall–Kier alpha value is -4.79. The van der Waals surface area contributed by atoms with Crippen molar-refractivity contribution in [3.63, 3.8) is 0 Å². The number of carboxylic acids is 1. The lowest BCUT2D eigenvalue weighted by molar-refractivity contribution is -0.143. The number of fused-ring (bicyclic) bond motifs is 5. The minimum absolute atomic E-state index is 0.0595. The Balaban J connectivity index is 1.67. The van der Waals surface area contributed by atoms with Crippen molar-refractivity contribution in [1.29, 1.82) is 0 Å². The van der Waals surface area contributed by atoms with E-state index in [9.17, 15) is 19.8 Å². The molecule has 8 bridgehead atoms. The second-order valence-electron chi connectivity index (χ2n) is 11.8. The molecule has 0 aromatic rings. The highest BCUT2D eigenvalue weighted by molar-refractivity contribution is 6.24. The highest BCUT2D eigenvalue weighted by Crippen LogP contribution is 2.49. The van der Waals surface area contributed by atoms with Crippen LogP contribution in [0.5, 0.6) is 0 Å². The molecule has 3 atom stereocenters. The number of ether oxygens (including phenoxy) is 1. The summed E-state index contributed by atoms with van der Waals surface area (Å²) in [4.78, 5) is 40.0. The second-order valence-corrected chi connectivity index (χ2v) is 11.8. The van der Waals surface area contributed by atoms with E-state index >= 15 is 0 Å². The number of nitrogens with one attached hydrogen (secondary N) is 1. The number of carbonyl (C=O) groups excluding carboxylic acids is 1. The Kier molecular flexibility index (Phi) is 7.14. The van der Waals surface area contributed by atoms with E-state index in [1.807, 2.05) is 45.1 Å². The third-order valence-electron chi connectivity index (χ3n) is 9.53. The molecule has 3 N–H and O–H groups in total. The van der Waals surface area contributed by atoms with Gasteiger partial charge in [-0.2, -0.15) is 0 Å². The van der Waals surface area contributed by atoms with Crippen LogP contribution in [-0.4, -0.2) is 46.4 Å². The number of carboxylic acid groups (broad SMARTS) is 1. The number of aliphatic hydroxyl groups excluding tert-OH is 1. The number of esters is 1. The number of allylic oxidation sites excluding steroid dienone is 11. The van der Waals surface area contributed by atoms with Crippen molar-refractivity contribution in [2.75, 3.05) is 7.11 Å². The van der Waals surface area contributed by atoms with Crippen molar-refractivity contribution in [3.8, 4) is 0 Å². The Labute approximate surface area is 256 Å². The molecule has 5 heterocycles. The lowest BCUT2D eigenvalue weighted by atomic mass is 9.84. The van der Waals surface area contributed by atoms with Crippen LogP contribution in [0.25, 0.3) is 0 Å². The predicted octanol–water partition coefficient (Wildman–Crippen LogP) is 6.11. The molecule has 0 radical (unpaired) electrons. The first kappa shape index (κ1) is 29.3. The Morgan fingerprint density at radius 1 is 1.05 bits per heavy atom. The molecule has 0 spiro atoms. The summed E-state index contributed by atoms with van der Waals surface area (Å²) in [5, 5.41) is 24.7. The molecule has 44 heavy (non-hydrogen) atoms. The Bertz CT molecular complexity index is 1810. The van der Waals surface area contributed by atoms with Crippen molar-refractivity contribution in [1.82, 2.24) is 5.32 Å². The summed E-state index contributed by atoms with van der Waals surface area (Å²) in [5.41, 5.74) is 11.6. The van der Waals surface area contributed by atoms with Crippen LogP contribution < -0.4 is 5.32 Å². The molecule has 5 aliphatic heterocycles. The SMILES string of the molecule is C=CC1=C(C)C2=NC1=CC1=NC(=CC3=C(C)C4=C(O)C(C(=O)OC)C(=C5NC(=C2)C(C)C5CCC(=O)O)C4=N3)C(CC)=C1C.